The Morgan fingerprint density at radius 3 is 2.68 bits per heavy atom. The summed E-state index contributed by atoms with van der Waals surface area (Å²) in [4.78, 5) is 16.8. The van der Waals surface area contributed by atoms with Gasteiger partial charge >= 0.3 is 0 Å². The van der Waals surface area contributed by atoms with Crippen molar-refractivity contribution in [3.05, 3.63) is 75.8 Å². The first kappa shape index (κ1) is 21.1. The van der Waals surface area contributed by atoms with Crippen molar-refractivity contribution in [2.75, 3.05) is 5.32 Å². The molecule has 0 aliphatic heterocycles. The first-order valence-electron chi connectivity index (χ1n) is 9.08. The summed E-state index contributed by atoms with van der Waals surface area (Å²) in [6.07, 6.45) is 0. The standard InChI is InChI=1S/C22H15Cl2N3O3S/c1-11-2-6-17-19(8-11)30-21(26-17)15-10-13(4-7-18(15)28)25-22(31)27-20(29)14-5-3-12(23)9-16(14)24/h2-10,28H,1H3,(H2,25,27,29,31). The van der Waals surface area contributed by atoms with Gasteiger partial charge < -0.3 is 14.8 Å². The zero-order chi connectivity index (χ0) is 22.1. The van der Waals surface area contributed by atoms with Crippen LogP contribution in [0.15, 0.2) is 59.0 Å². The fourth-order valence-corrected chi connectivity index (χ4v) is 3.64. The van der Waals surface area contributed by atoms with Gasteiger partial charge in [-0.2, -0.15) is 0 Å². The number of anilines is 1. The number of carbonyl (C=O) groups excluding carboxylic acids is 1. The second-order valence-corrected chi connectivity index (χ2v) is 8.01. The highest BCUT2D eigenvalue weighted by Crippen LogP contribution is 2.33. The number of amides is 1. The van der Waals surface area contributed by atoms with Gasteiger partial charge in [0, 0.05) is 10.7 Å². The van der Waals surface area contributed by atoms with Crippen LogP contribution in [0.1, 0.15) is 15.9 Å². The highest BCUT2D eigenvalue weighted by atomic mass is 35.5. The number of phenols is 1. The maximum atomic E-state index is 12.4. The van der Waals surface area contributed by atoms with Crippen LogP contribution in [0.25, 0.3) is 22.6 Å². The van der Waals surface area contributed by atoms with Crippen LogP contribution < -0.4 is 10.6 Å². The molecule has 0 spiro atoms. The van der Waals surface area contributed by atoms with E-state index in [0.717, 1.165) is 5.56 Å². The Morgan fingerprint density at radius 2 is 1.90 bits per heavy atom. The second-order valence-electron chi connectivity index (χ2n) is 6.75. The molecular weight excluding hydrogens is 457 g/mol. The quantitative estimate of drug-likeness (QED) is 0.253. The van der Waals surface area contributed by atoms with Crippen molar-refractivity contribution in [3.63, 3.8) is 0 Å². The number of halogens is 2. The maximum absolute atomic E-state index is 12.4. The van der Waals surface area contributed by atoms with E-state index in [1.54, 1.807) is 18.2 Å². The molecule has 6 nitrogen and oxygen atoms in total. The Kier molecular flexibility index (Phi) is 5.82. The largest absolute Gasteiger partial charge is 0.507 e. The molecule has 4 aromatic rings. The smallest absolute Gasteiger partial charge is 0.258 e. The Labute approximate surface area is 192 Å². The van der Waals surface area contributed by atoms with Crippen molar-refractivity contribution < 1.29 is 14.3 Å². The van der Waals surface area contributed by atoms with Gasteiger partial charge in [0.15, 0.2) is 10.7 Å². The predicted octanol–water partition coefficient (Wildman–Crippen LogP) is 5.94. The van der Waals surface area contributed by atoms with Gasteiger partial charge in [-0.15, -0.1) is 0 Å². The number of aryl methyl sites for hydroxylation is 1. The monoisotopic (exact) mass is 471 g/mol. The first-order valence-corrected chi connectivity index (χ1v) is 10.2. The minimum atomic E-state index is -0.479. The number of nitrogens with zero attached hydrogens (tertiary/aromatic N) is 1. The molecule has 4 rings (SSSR count). The molecule has 0 radical (unpaired) electrons. The normalized spacial score (nSPS) is 10.8. The zero-order valence-electron chi connectivity index (χ0n) is 16.1. The van der Waals surface area contributed by atoms with Crippen LogP contribution in [0.2, 0.25) is 10.0 Å². The van der Waals surface area contributed by atoms with Crippen molar-refractivity contribution in [1.82, 2.24) is 10.3 Å². The predicted molar refractivity (Wildman–Crippen MR) is 126 cm³/mol. The lowest BCUT2D eigenvalue weighted by Crippen LogP contribution is -2.34. The highest BCUT2D eigenvalue weighted by molar-refractivity contribution is 7.80. The molecule has 0 aliphatic carbocycles. The van der Waals surface area contributed by atoms with Crippen molar-refractivity contribution in [2.24, 2.45) is 0 Å². The molecule has 0 atom stereocenters. The minimum absolute atomic E-state index is 0.00303. The Hall–Kier alpha value is -3.13. The fraction of sp³-hybridized carbons (Fsp3) is 0.0455. The number of hydrogen-bond donors (Lipinski definition) is 3. The van der Waals surface area contributed by atoms with Gasteiger partial charge in [0.2, 0.25) is 5.89 Å². The third-order valence-corrected chi connectivity index (χ3v) is 5.18. The first-order chi connectivity index (χ1) is 14.8. The molecule has 0 bridgehead atoms. The molecule has 9 heteroatoms. The van der Waals surface area contributed by atoms with Crippen LogP contribution in [0.3, 0.4) is 0 Å². The molecule has 156 valence electrons. The fourth-order valence-electron chi connectivity index (χ4n) is 2.94. The third kappa shape index (κ3) is 4.64. The van der Waals surface area contributed by atoms with Crippen LogP contribution in [-0.2, 0) is 0 Å². The number of carbonyl (C=O) groups is 1. The highest BCUT2D eigenvalue weighted by Gasteiger charge is 2.15. The number of aromatic hydroxyl groups is 1. The summed E-state index contributed by atoms with van der Waals surface area (Å²) in [5, 5.41) is 16.5. The van der Waals surface area contributed by atoms with E-state index in [9.17, 15) is 9.90 Å². The molecule has 1 aromatic heterocycles. The van der Waals surface area contributed by atoms with Crippen LogP contribution in [0.5, 0.6) is 5.75 Å². The summed E-state index contributed by atoms with van der Waals surface area (Å²) in [5.74, 6) is -0.214. The molecule has 0 saturated heterocycles. The minimum Gasteiger partial charge on any atom is -0.507 e. The van der Waals surface area contributed by atoms with E-state index in [-0.39, 0.29) is 27.3 Å². The van der Waals surface area contributed by atoms with Crippen LogP contribution in [-0.4, -0.2) is 21.1 Å². The van der Waals surface area contributed by atoms with Crippen LogP contribution in [0, 0.1) is 6.92 Å². The molecule has 0 aliphatic rings. The summed E-state index contributed by atoms with van der Waals surface area (Å²) in [7, 11) is 0. The maximum Gasteiger partial charge on any atom is 0.258 e. The molecule has 0 saturated carbocycles. The molecule has 1 amide bonds. The van der Waals surface area contributed by atoms with Crippen molar-refractivity contribution in [3.8, 4) is 17.2 Å². The number of benzene rings is 3. The van der Waals surface area contributed by atoms with Crippen LogP contribution in [0.4, 0.5) is 5.69 Å². The van der Waals surface area contributed by atoms with Crippen LogP contribution >= 0.6 is 35.4 Å². The van der Waals surface area contributed by atoms with E-state index in [1.165, 1.54) is 18.2 Å². The molecule has 0 unspecified atom stereocenters. The Morgan fingerprint density at radius 1 is 1.10 bits per heavy atom. The lowest BCUT2D eigenvalue weighted by atomic mass is 10.1. The van der Waals surface area contributed by atoms with E-state index < -0.39 is 5.91 Å². The average Bonchev–Trinajstić information content (AvgIpc) is 3.12. The van der Waals surface area contributed by atoms with Crippen molar-refractivity contribution in [2.45, 2.75) is 6.92 Å². The summed E-state index contributed by atoms with van der Waals surface area (Å²) in [5.41, 5.74) is 3.49. The summed E-state index contributed by atoms with van der Waals surface area (Å²) in [6.45, 7) is 1.95. The summed E-state index contributed by atoms with van der Waals surface area (Å²) < 4.78 is 5.79. The topological polar surface area (TPSA) is 87.4 Å². The van der Waals surface area contributed by atoms with E-state index in [1.807, 2.05) is 25.1 Å². The van der Waals surface area contributed by atoms with E-state index >= 15 is 0 Å². The number of thiocarbonyl (C=S) groups is 1. The number of aromatic nitrogens is 1. The number of nitrogens with one attached hydrogen (secondary N) is 2. The van der Waals surface area contributed by atoms with Crippen molar-refractivity contribution in [1.29, 1.82) is 0 Å². The number of rotatable bonds is 3. The SMILES string of the molecule is Cc1ccc2nc(-c3cc(NC(=S)NC(=O)c4ccc(Cl)cc4Cl)ccc3O)oc2c1. The van der Waals surface area contributed by atoms with Gasteiger partial charge in [0.25, 0.3) is 5.91 Å². The van der Waals surface area contributed by atoms with Gasteiger partial charge in [0.1, 0.15) is 11.3 Å². The lowest BCUT2D eigenvalue weighted by molar-refractivity contribution is 0.0978. The third-order valence-electron chi connectivity index (χ3n) is 4.43. The summed E-state index contributed by atoms with van der Waals surface area (Å²) in [6, 6.07) is 14.9. The average molecular weight is 472 g/mol. The summed E-state index contributed by atoms with van der Waals surface area (Å²) >= 11 is 17.1. The van der Waals surface area contributed by atoms with E-state index in [0.29, 0.717) is 27.4 Å². The molecule has 3 N–H and O–H groups in total. The Bertz CT molecular complexity index is 1340. The second kappa shape index (κ2) is 8.55. The molecule has 0 fully saturated rings. The van der Waals surface area contributed by atoms with Gasteiger partial charge in [-0.1, -0.05) is 29.3 Å². The Balaban J connectivity index is 1.53. The van der Waals surface area contributed by atoms with Gasteiger partial charge in [0.05, 0.1) is 16.1 Å². The molecule has 31 heavy (non-hydrogen) atoms. The lowest BCUT2D eigenvalue weighted by Gasteiger charge is -2.11. The molecule has 3 aromatic carbocycles. The zero-order valence-corrected chi connectivity index (χ0v) is 18.4. The number of fused-ring (bicyclic) bond motifs is 1. The van der Waals surface area contributed by atoms with Gasteiger partial charge in [-0.3, -0.25) is 10.1 Å². The van der Waals surface area contributed by atoms with Crippen molar-refractivity contribution >= 4 is 63.2 Å². The van der Waals surface area contributed by atoms with Gasteiger partial charge in [-0.25, -0.2) is 4.98 Å². The van der Waals surface area contributed by atoms with E-state index in [2.05, 4.69) is 15.6 Å². The molecule has 1 heterocycles. The number of hydrogen-bond acceptors (Lipinski definition) is 5. The number of oxazole rings is 1. The van der Waals surface area contributed by atoms with E-state index in [4.69, 9.17) is 39.8 Å². The van der Waals surface area contributed by atoms with Gasteiger partial charge in [-0.05, 0) is 73.2 Å². The molecular formula is C22H15Cl2N3O3S. The number of phenolic OH excluding ortho intramolecular Hbond substituents is 1.